The molecule has 1 aromatic heterocycles. The number of hydrogen-bond acceptors (Lipinski definition) is 6. The summed E-state index contributed by atoms with van der Waals surface area (Å²) < 4.78 is 41.1. The van der Waals surface area contributed by atoms with Crippen molar-refractivity contribution < 1.29 is 27.2 Å². The average molecular weight is 359 g/mol. The molecule has 0 bridgehead atoms. The summed E-state index contributed by atoms with van der Waals surface area (Å²) in [6, 6.07) is 3.06. The molecule has 0 spiro atoms. The van der Waals surface area contributed by atoms with Crippen LogP contribution >= 0.6 is 0 Å². The van der Waals surface area contributed by atoms with Crippen molar-refractivity contribution >= 4 is 9.84 Å². The highest BCUT2D eigenvalue weighted by atomic mass is 32.2. The highest BCUT2D eigenvalue weighted by Gasteiger charge is 2.16. The fourth-order valence-electron chi connectivity index (χ4n) is 1.78. The third kappa shape index (κ3) is 7.60. The van der Waals surface area contributed by atoms with Gasteiger partial charge in [-0.2, -0.15) is 4.57 Å². The molecule has 10 heteroatoms. The van der Waals surface area contributed by atoms with Gasteiger partial charge in [0, 0.05) is 23.8 Å². The van der Waals surface area contributed by atoms with Gasteiger partial charge in [0.25, 0.3) is 0 Å². The molecule has 0 atom stereocenters. The molecule has 0 radical (unpaired) electrons. The van der Waals surface area contributed by atoms with E-state index in [1.165, 1.54) is 6.07 Å². The van der Waals surface area contributed by atoms with E-state index in [9.17, 15) is 8.42 Å². The number of nitrogens with zero attached hydrogens (tertiary/aromatic N) is 4. The van der Waals surface area contributed by atoms with Gasteiger partial charge in [-0.1, -0.05) is 5.11 Å². The summed E-state index contributed by atoms with van der Waals surface area (Å²) in [6.45, 7) is 4.72. The third-order valence-corrected chi connectivity index (χ3v) is 4.10. The Labute approximate surface area is 141 Å². The maximum absolute atomic E-state index is 11.6. The Morgan fingerprint density at radius 3 is 2.50 bits per heavy atom. The van der Waals surface area contributed by atoms with E-state index in [-0.39, 0.29) is 4.90 Å². The maximum atomic E-state index is 11.6. The highest BCUT2D eigenvalue weighted by molar-refractivity contribution is 7.90. The van der Waals surface area contributed by atoms with Gasteiger partial charge in [0.05, 0.1) is 37.4 Å². The lowest BCUT2D eigenvalue weighted by atomic mass is 10.4. The van der Waals surface area contributed by atoms with Crippen LogP contribution in [-0.2, 0) is 25.9 Å². The number of hydrogen-bond donors (Lipinski definition) is 0. The normalized spacial score (nSPS) is 11.1. The van der Waals surface area contributed by atoms with Crippen LogP contribution in [-0.4, -0.2) is 54.3 Å². The predicted molar refractivity (Wildman–Crippen MR) is 86.6 cm³/mol. The summed E-state index contributed by atoms with van der Waals surface area (Å²) >= 11 is 0. The molecule has 0 saturated carbocycles. The molecule has 0 N–H and O–H groups in total. The summed E-state index contributed by atoms with van der Waals surface area (Å²) in [6.07, 6.45) is 2.84. The van der Waals surface area contributed by atoms with Crippen molar-refractivity contribution in [2.45, 2.75) is 18.4 Å². The van der Waals surface area contributed by atoms with Gasteiger partial charge in [-0.15, -0.1) is 0 Å². The van der Waals surface area contributed by atoms with Crippen LogP contribution in [0.25, 0.3) is 10.4 Å². The monoisotopic (exact) mass is 359 g/mol. The minimum Gasteiger partial charge on any atom is -0.442 e. The first-order valence-corrected chi connectivity index (χ1v) is 9.41. The van der Waals surface area contributed by atoms with Crippen molar-refractivity contribution in [1.82, 2.24) is 0 Å². The Bertz CT molecular complexity index is 659. The van der Waals surface area contributed by atoms with Crippen molar-refractivity contribution in [3.8, 4) is 5.88 Å². The van der Waals surface area contributed by atoms with E-state index in [4.69, 9.17) is 19.7 Å². The molecule has 1 aromatic rings. The van der Waals surface area contributed by atoms with Gasteiger partial charge < -0.3 is 14.2 Å². The van der Waals surface area contributed by atoms with Crippen molar-refractivity contribution in [3.05, 3.63) is 28.8 Å². The van der Waals surface area contributed by atoms with Crippen LogP contribution < -0.4 is 9.30 Å². The molecule has 0 aliphatic carbocycles. The molecule has 9 nitrogen and oxygen atoms in total. The van der Waals surface area contributed by atoms with E-state index < -0.39 is 9.84 Å². The van der Waals surface area contributed by atoms with E-state index >= 15 is 0 Å². The smallest absolute Gasteiger partial charge is 0.369 e. The largest absolute Gasteiger partial charge is 0.442 e. The fourth-order valence-corrected chi connectivity index (χ4v) is 2.41. The van der Waals surface area contributed by atoms with Crippen molar-refractivity contribution in [3.63, 3.8) is 0 Å². The minimum absolute atomic E-state index is 0.219. The Hall–Kier alpha value is -1.87. The number of aromatic nitrogens is 1. The van der Waals surface area contributed by atoms with E-state index in [2.05, 4.69) is 10.0 Å². The van der Waals surface area contributed by atoms with E-state index in [0.717, 1.165) is 6.26 Å². The van der Waals surface area contributed by atoms with Gasteiger partial charge in [-0.05, 0) is 12.5 Å². The van der Waals surface area contributed by atoms with Crippen LogP contribution in [0, 0.1) is 0 Å². The Morgan fingerprint density at radius 2 is 1.88 bits per heavy atom. The zero-order valence-corrected chi connectivity index (χ0v) is 14.7. The highest BCUT2D eigenvalue weighted by Crippen LogP contribution is 2.13. The van der Waals surface area contributed by atoms with Crippen molar-refractivity contribution in [2.24, 2.45) is 5.11 Å². The summed E-state index contributed by atoms with van der Waals surface area (Å²) in [4.78, 5) is 2.83. The quantitative estimate of drug-likeness (QED) is 0.182. The van der Waals surface area contributed by atoms with Gasteiger partial charge in [0.2, 0.25) is 0 Å². The molecule has 134 valence electrons. The third-order valence-electron chi connectivity index (χ3n) is 2.98. The van der Waals surface area contributed by atoms with E-state index in [1.807, 2.05) is 11.5 Å². The number of rotatable bonds is 12. The summed E-state index contributed by atoms with van der Waals surface area (Å²) in [7, 11) is -3.27. The molecular formula is C14H23N4O5S+. The van der Waals surface area contributed by atoms with Gasteiger partial charge in [0.15, 0.2) is 16.0 Å². The number of pyridine rings is 1. The second-order valence-electron chi connectivity index (χ2n) is 4.79. The molecule has 0 aromatic carbocycles. The Balaban J connectivity index is 2.33. The molecule has 0 saturated heterocycles. The zero-order chi connectivity index (χ0) is 17.8. The van der Waals surface area contributed by atoms with Gasteiger partial charge >= 0.3 is 5.88 Å². The lowest BCUT2D eigenvalue weighted by Crippen LogP contribution is -2.35. The average Bonchev–Trinajstić information content (AvgIpc) is 2.55. The standard InChI is InChI=1S/C14H23N4O5S/c1-3-18-6-4-13(24(2,19)20)12-14(18)23-11-10-22-9-8-21-7-5-16-17-15/h4,6,12H,3,5,7-11H2,1-2H3/q+1. The van der Waals surface area contributed by atoms with Crippen LogP contribution in [0.5, 0.6) is 5.88 Å². The predicted octanol–water partition coefficient (Wildman–Crippen LogP) is 1.12. The number of sulfone groups is 1. The fraction of sp³-hybridized carbons (Fsp3) is 0.643. The SMILES string of the molecule is CC[n+]1ccc(S(C)(=O)=O)cc1OCCOCCOCCN=[N+]=[N-]. The van der Waals surface area contributed by atoms with Crippen LogP contribution in [0.2, 0.25) is 0 Å². The van der Waals surface area contributed by atoms with Crippen molar-refractivity contribution in [2.75, 3.05) is 45.8 Å². The molecule has 0 aliphatic rings. The summed E-state index contributed by atoms with van der Waals surface area (Å²) in [5, 5.41) is 3.34. The zero-order valence-electron chi connectivity index (χ0n) is 13.9. The van der Waals surface area contributed by atoms with E-state index in [1.54, 1.807) is 12.3 Å². The maximum Gasteiger partial charge on any atom is 0.369 e. The second kappa shape index (κ2) is 10.8. The minimum atomic E-state index is -3.27. The number of azide groups is 1. The molecule has 0 amide bonds. The van der Waals surface area contributed by atoms with Crippen LogP contribution in [0.3, 0.4) is 0 Å². The number of aryl methyl sites for hydroxylation is 1. The van der Waals surface area contributed by atoms with Crippen LogP contribution in [0.4, 0.5) is 0 Å². The van der Waals surface area contributed by atoms with Gasteiger partial charge in [-0.25, -0.2) is 8.42 Å². The molecule has 0 fully saturated rings. The van der Waals surface area contributed by atoms with Gasteiger partial charge in [0.1, 0.15) is 13.2 Å². The summed E-state index contributed by atoms with van der Waals surface area (Å²) in [5.41, 5.74) is 8.09. The molecule has 0 unspecified atom stereocenters. The molecule has 24 heavy (non-hydrogen) atoms. The molecule has 1 rings (SSSR count). The first-order chi connectivity index (χ1) is 11.5. The van der Waals surface area contributed by atoms with Crippen molar-refractivity contribution in [1.29, 1.82) is 0 Å². The van der Waals surface area contributed by atoms with Crippen LogP contribution in [0.15, 0.2) is 28.3 Å². The second-order valence-corrected chi connectivity index (χ2v) is 6.80. The van der Waals surface area contributed by atoms with Crippen LogP contribution in [0.1, 0.15) is 6.92 Å². The lowest BCUT2D eigenvalue weighted by molar-refractivity contribution is -0.699. The Morgan fingerprint density at radius 1 is 1.21 bits per heavy atom. The first-order valence-electron chi connectivity index (χ1n) is 7.51. The number of ether oxygens (including phenoxy) is 3. The topological polar surface area (TPSA) is 114 Å². The molecule has 0 aliphatic heterocycles. The summed E-state index contributed by atoms with van der Waals surface area (Å²) in [5.74, 6) is 0.481. The molecule has 1 heterocycles. The van der Waals surface area contributed by atoms with Gasteiger partial charge in [-0.3, -0.25) is 0 Å². The molecular weight excluding hydrogens is 336 g/mol. The first kappa shape index (κ1) is 20.2. The Kier molecular flexibility index (Phi) is 9.10. The van der Waals surface area contributed by atoms with E-state index in [0.29, 0.717) is 52.0 Å². The lowest BCUT2D eigenvalue weighted by Gasteiger charge is -2.07.